The number of nitriles is 1. The average molecular weight is 284 g/mol. The molecule has 0 aliphatic carbocycles. The van der Waals surface area contributed by atoms with E-state index in [1.54, 1.807) is 23.1 Å². The third-order valence-corrected chi connectivity index (χ3v) is 4.71. The third kappa shape index (κ3) is 1.46. The number of benzene rings is 1. The van der Waals surface area contributed by atoms with Gasteiger partial charge in [0.1, 0.15) is 6.07 Å². The molecule has 4 heteroatoms. The first-order valence-electron chi connectivity index (χ1n) is 3.91. The summed E-state index contributed by atoms with van der Waals surface area (Å²) < 4.78 is 2.09. The number of thiophene rings is 1. The molecule has 0 amide bonds. The van der Waals surface area contributed by atoms with E-state index in [1.807, 2.05) is 17.7 Å². The van der Waals surface area contributed by atoms with Crippen molar-refractivity contribution in [1.82, 2.24) is 0 Å². The SMILES string of the molecule is CSc1cc2sccc2c(C#N)c1Br. The van der Waals surface area contributed by atoms with E-state index in [-0.39, 0.29) is 0 Å². The summed E-state index contributed by atoms with van der Waals surface area (Å²) in [6.45, 7) is 0. The summed E-state index contributed by atoms with van der Waals surface area (Å²) in [7, 11) is 0. The summed E-state index contributed by atoms with van der Waals surface area (Å²) >= 11 is 6.79. The van der Waals surface area contributed by atoms with Gasteiger partial charge in [0.05, 0.1) is 5.56 Å². The van der Waals surface area contributed by atoms with E-state index in [4.69, 9.17) is 5.26 Å². The van der Waals surface area contributed by atoms with Crippen LogP contribution in [0.25, 0.3) is 10.1 Å². The predicted octanol–water partition coefficient (Wildman–Crippen LogP) is 4.26. The van der Waals surface area contributed by atoms with Crippen LogP contribution in [-0.2, 0) is 0 Å². The zero-order valence-corrected chi connectivity index (χ0v) is 10.6. The summed E-state index contributed by atoms with van der Waals surface area (Å²) in [5, 5.41) is 12.1. The van der Waals surface area contributed by atoms with Gasteiger partial charge in [-0.15, -0.1) is 23.1 Å². The Labute approximate surface area is 98.9 Å². The molecule has 2 rings (SSSR count). The van der Waals surface area contributed by atoms with Crippen molar-refractivity contribution in [2.24, 2.45) is 0 Å². The van der Waals surface area contributed by atoms with E-state index in [0.29, 0.717) is 0 Å². The molecular weight excluding hydrogens is 278 g/mol. The van der Waals surface area contributed by atoms with Crippen LogP contribution in [0.4, 0.5) is 0 Å². The van der Waals surface area contributed by atoms with E-state index in [2.05, 4.69) is 28.1 Å². The molecule has 1 heterocycles. The second-order valence-corrected chi connectivity index (χ2v) is 5.30. The molecule has 0 spiro atoms. The summed E-state index contributed by atoms with van der Waals surface area (Å²) in [4.78, 5) is 1.12. The number of nitrogens with zero attached hydrogens (tertiary/aromatic N) is 1. The zero-order chi connectivity index (χ0) is 10.1. The van der Waals surface area contributed by atoms with Crippen molar-refractivity contribution in [2.45, 2.75) is 4.90 Å². The quantitative estimate of drug-likeness (QED) is 0.731. The van der Waals surface area contributed by atoms with E-state index in [1.165, 1.54) is 4.70 Å². The minimum atomic E-state index is 0.744. The van der Waals surface area contributed by atoms with Crippen molar-refractivity contribution < 1.29 is 0 Å². The van der Waals surface area contributed by atoms with Crippen LogP contribution in [-0.4, -0.2) is 6.26 Å². The van der Waals surface area contributed by atoms with Gasteiger partial charge in [0, 0.05) is 19.5 Å². The van der Waals surface area contributed by atoms with Gasteiger partial charge in [0.25, 0.3) is 0 Å². The van der Waals surface area contributed by atoms with Crippen molar-refractivity contribution in [1.29, 1.82) is 5.26 Å². The Morgan fingerprint density at radius 3 is 3.00 bits per heavy atom. The summed E-state index contributed by atoms with van der Waals surface area (Å²) in [6, 6.07) is 6.36. The smallest absolute Gasteiger partial charge is 0.101 e. The first kappa shape index (κ1) is 10.0. The van der Waals surface area contributed by atoms with Crippen molar-refractivity contribution >= 4 is 49.1 Å². The average Bonchev–Trinajstić information content (AvgIpc) is 2.64. The zero-order valence-electron chi connectivity index (χ0n) is 7.37. The van der Waals surface area contributed by atoms with E-state index in [0.717, 1.165) is 20.3 Å². The fourth-order valence-corrected chi connectivity index (χ4v) is 3.65. The van der Waals surface area contributed by atoms with Gasteiger partial charge in [-0.05, 0) is 39.7 Å². The molecule has 14 heavy (non-hydrogen) atoms. The second kappa shape index (κ2) is 3.93. The normalized spacial score (nSPS) is 10.4. The maximum Gasteiger partial charge on any atom is 0.101 e. The maximum absolute atomic E-state index is 9.07. The minimum absolute atomic E-state index is 0.744. The standard InChI is InChI=1S/C10H6BrNS2/c1-13-9-4-8-6(2-3-14-8)7(5-12)10(9)11/h2-4H,1H3. The Hall–Kier alpha value is -0.500. The number of hydrogen-bond acceptors (Lipinski definition) is 3. The van der Waals surface area contributed by atoms with Crippen LogP contribution in [0.15, 0.2) is 26.9 Å². The number of hydrogen-bond donors (Lipinski definition) is 0. The van der Waals surface area contributed by atoms with Crippen molar-refractivity contribution in [2.75, 3.05) is 6.26 Å². The number of halogens is 1. The maximum atomic E-state index is 9.07. The molecule has 0 fully saturated rings. The molecule has 0 saturated carbocycles. The van der Waals surface area contributed by atoms with Crippen LogP contribution < -0.4 is 0 Å². The number of fused-ring (bicyclic) bond motifs is 1. The molecule has 70 valence electrons. The van der Waals surface area contributed by atoms with E-state index < -0.39 is 0 Å². The Kier molecular flexibility index (Phi) is 2.82. The highest BCUT2D eigenvalue weighted by Crippen LogP contribution is 2.36. The lowest BCUT2D eigenvalue weighted by Gasteiger charge is -2.03. The molecule has 0 aliphatic heterocycles. The molecule has 0 saturated heterocycles. The van der Waals surface area contributed by atoms with Gasteiger partial charge in [-0.3, -0.25) is 0 Å². The van der Waals surface area contributed by atoms with Crippen LogP contribution in [0.3, 0.4) is 0 Å². The molecule has 0 aliphatic rings. The summed E-state index contributed by atoms with van der Waals surface area (Å²) in [6.07, 6.45) is 2.01. The van der Waals surface area contributed by atoms with Gasteiger partial charge in [-0.1, -0.05) is 0 Å². The fourth-order valence-electron chi connectivity index (χ4n) is 1.32. The van der Waals surface area contributed by atoms with Gasteiger partial charge < -0.3 is 0 Å². The van der Waals surface area contributed by atoms with Gasteiger partial charge in [0.2, 0.25) is 0 Å². The third-order valence-electron chi connectivity index (χ3n) is 1.99. The highest BCUT2D eigenvalue weighted by molar-refractivity contribution is 9.10. The van der Waals surface area contributed by atoms with Crippen LogP contribution in [0.2, 0.25) is 0 Å². The summed E-state index contributed by atoms with van der Waals surface area (Å²) in [5.41, 5.74) is 0.744. The molecule has 2 aromatic rings. The molecule has 0 unspecified atom stereocenters. The topological polar surface area (TPSA) is 23.8 Å². The van der Waals surface area contributed by atoms with E-state index >= 15 is 0 Å². The van der Waals surface area contributed by atoms with Crippen LogP contribution >= 0.6 is 39.0 Å². The monoisotopic (exact) mass is 283 g/mol. The first-order valence-corrected chi connectivity index (χ1v) is 6.81. The molecular formula is C10H6BrNS2. The molecule has 0 atom stereocenters. The molecule has 1 aromatic heterocycles. The Bertz CT molecular complexity index is 525. The first-order chi connectivity index (χ1) is 6.77. The Morgan fingerprint density at radius 1 is 1.57 bits per heavy atom. The van der Waals surface area contributed by atoms with Gasteiger partial charge in [-0.2, -0.15) is 5.26 Å². The number of rotatable bonds is 1. The predicted molar refractivity (Wildman–Crippen MR) is 66.0 cm³/mol. The molecule has 0 bridgehead atoms. The fraction of sp³-hybridized carbons (Fsp3) is 0.100. The highest BCUT2D eigenvalue weighted by Gasteiger charge is 2.10. The van der Waals surface area contributed by atoms with Crippen LogP contribution in [0.1, 0.15) is 5.56 Å². The van der Waals surface area contributed by atoms with Crippen molar-refractivity contribution in [3.05, 3.63) is 27.5 Å². The minimum Gasteiger partial charge on any atom is -0.192 e. The lowest BCUT2D eigenvalue weighted by Crippen LogP contribution is -1.82. The molecule has 1 aromatic carbocycles. The lowest BCUT2D eigenvalue weighted by atomic mass is 10.1. The van der Waals surface area contributed by atoms with Crippen LogP contribution in [0, 0.1) is 11.3 Å². The van der Waals surface area contributed by atoms with Gasteiger partial charge in [-0.25, -0.2) is 0 Å². The second-order valence-electron chi connectivity index (χ2n) is 2.71. The molecule has 0 N–H and O–H groups in total. The highest BCUT2D eigenvalue weighted by atomic mass is 79.9. The van der Waals surface area contributed by atoms with Crippen LogP contribution in [0.5, 0.6) is 0 Å². The van der Waals surface area contributed by atoms with E-state index in [9.17, 15) is 0 Å². The Balaban J connectivity index is 2.89. The van der Waals surface area contributed by atoms with Gasteiger partial charge in [0.15, 0.2) is 0 Å². The molecule has 1 nitrogen and oxygen atoms in total. The molecule has 0 radical (unpaired) electrons. The van der Waals surface area contributed by atoms with Gasteiger partial charge >= 0.3 is 0 Å². The summed E-state index contributed by atoms with van der Waals surface area (Å²) in [5.74, 6) is 0. The largest absolute Gasteiger partial charge is 0.192 e. The lowest BCUT2D eigenvalue weighted by molar-refractivity contribution is 1.41. The Morgan fingerprint density at radius 2 is 2.36 bits per heavy atom. The number of thioether (sulfide) groups is 1. The van der Waals surface area contributed by atoms with Crippen molar-refractivity contribution in [3.8, 4) is 6.07 Å². The van der Waals surface area contributed by atoms with Crippen molar-refractivity contribution in [3.63, 3.8) is 0 Å².